The fraction of sp³-hybridized carbons (Fsp3) is 0.263. The molecule has 3 aromatic heterocycles. The zero-order valence-corrected chi connectivity index (χ0v) is 16.5. The number of rotatable bonds is 5. The third kappa shape index (κ3) is 4.28. The Kier molecular flexibility index (Phi) is 5.18. The second kappa shape index (κ2) is 7.40. The van der Waals surface area contributed by atoms with E-state index in [4.69, 9.17) is 0 Å². The van der Waals surface area contributed by atoms with E-state index in [-0.39, 0.29) is 0 Å². The maximum atomic E-state index is 11.7. The first-order chi connectivity index (χ1) is 12.8. The van der Waals surface area contributed by atoms with E-state index < -0.39 is 10.0 Å². The topological polar surface area (TPSA) is 97.7 Å². The maximum absolute atomic E-state index is 11.7. The molecule has 0 aliphatic heterocycles. The summed E-state index contributed by atoms with van der Waals surface area (Å²) in [5.41, 5.74) is 6.08. The number of hydrogen-bond donors (Lipinski definition) is 1. The van der Waals surface area contributed by atoms with Gasteiger partial charge in [0.25, 0.3) is 0 Å². The van der Waals surface area contributed by atoms with Gasteiger partial charge in [0.1, 0.15) is 6.33 Å². The second-order valence-corrected chi connectivity index (χ2v) is 8.06. The minimum Gasteiger partial charge on any atom is -0.282 e. The Hall–Kier alpha value is -2.87. The molecule has 0 aromatic carbocycles. The third-order valence-electron chi connectivity index (χ3n) is 4.10. The van der Waals surface area contributed by atoms with E-state index in [2.05, 4.69) is 24.7 Å². The summed E-state index contributed by atoms with van der Waals surface area (Å²) in [5.74, 6) is 0. The van der Waals surface area contributed by atoms with Crippen molar-refractivity contribution in [2.75, 3.05) is 11.0 Å². The smallest absolute Gasteiger partial charge is 0.229 e. The van der Waals surface area contributed by atoms with Crippen LogP contribution in [0.25, 0.3) is 22.4 Å². The van der Waals surface area contributed by atoms with Crippen molar-refractivity contribution in [3.8, 4) is 22.4 Å². The maximum Gasteiger partial charge on any atom is 0.229 e. The number of hydrogen-bond acceptors (Lipinski definition) is 6. The quantitative estimate of drug-likeness (QED) is 0.727. The molecule has 0 atom stereocenters. The molecular weight excluding hydrogens is 362 g/mol. The normalized spacial score (nSPS) is 11.4. The van der Waals surface area contributed by atoms with E-state index >= 15 is 0 Å². The Morgan fingerprint density at radius 3 is 2.48 bits per heavy atom. The van der Waals surface area contributed by atoms with Crippen molar-refractivity contribution in [1.82, 2.24) is 19.9 Å². The summed E-state index contributed by atoms with van der Waals surface area (Å²) in [5, 5.41) is 0. The molecule has 1 N–H and O–H groups in total. The highest BCUT2D eigenvalue weighted by Gasteiger charge is 2.17. The van der Waals surface area contributed by atoms with E-state index in [1.54, 1.807) is 31.7 Å². The molecule has 0 aliphatic carbocycles. The lowest BCUT2D eigenvalue weighted by Gasteiger charge is -2.15. The first kappa shape index (κ1) is 18.9. The number of anilines is 1. The molecule has 27 heavy (non-hydrogen) atoms. The molecule has 0 radical (unpaired) electrons. The van der Waals surface area contributed by atoms with Crippen molar-refractivity contribution >= 4 is 15.7 Å². The van der Waals surface area contributed by atoms with Crippen LogP contribution in [0, 0.1) is 13.8 Å². The van der Waals surface area contributed by atoms with Gasteiger partial charge >= 0.3 is 0 Å². The summed E-state index contributed by atoms with van der Waals surface area (Å²) >= 11 is 0. The molecule has 0 bridgehead atoms. The monoisotopic (exact) mass is 383 g/mol. The Morgan fingerprint density at radius 2 is 1.81 bits per heavy atom. The van der Waals surface area contributed by atoms with E-state index in [9.17, 15) is 8.42 Å². The van der Waals surface area contributed by atoms with Crippen LogP contribution in [0.5, 0.6) is 0 Å². The summed E-state index contributed by atoms with van der Waals surface area (Å²) in [6, 6.07) is 5.64. The van der Waals surface area contributed by atoms with Gasteiger partial charge in [0.05, 0.1) is 29.0 Å². The van der Waals surface area contributed by atoms with Crippen molar-refractivity contribution < 1.29 is 8.42 Å². The number of aryl methyl sites for hydroxylation is 3. The Labute approximate surface area is 159 Å². The molecule has 8 heteroatoms. The summed E-state index contributed by atoms with van der Waals surface area (Å²) in [7, 11) is -3.41. The summed E-state index contributed by atoms with van der Waals surface area (Å²) in [4.78, 5) is 17.5. The number of aromatic nitrogens is 4. The number of nitrogens with one attached hydrogen (secondary N) is 1. The lowest BCUT2D eigenvalue weighted by Crippen LogP contribution is -2.11. The van der Waals surface area contributed by atoms with Crippen molar-refractivity contribution in [3.05, 3.63) is 54.0 Å². The Morgan fingerprint density at radius 1 is 1.04 bits per heavy atom. The van der Waals surface area contributed by atoms with Gasteiger partial charge in [-0.15, -0.1) is 0 Å². The molecule has 0 amide bonds. The first-order valence-corrected chi connectivity index (χ1v) is 10.4. The summed E-state index contributed by atoms with van der Waals surface area (Å²) in [6.45, 7) is 5.70. The highest BCUT2D eigenvalue weighted by atomic mass is 32.2. The van der Waals surface area contributed by atoms with Crippen LogP contribution in [-0.2, 0) is 16.4 Å². The molecule has 3 aromatic rings. The zero-order chi connectivity index (χ0) is 19.6. The molecule has 140 valence electrons. The molecule has 0 saturated carbocycles. The lowest BCUT2D eigenvalue weighted by molar-refractivity contribution is 0.606. The molecule has 3 heterocycles. The van der Waals surface area contributed by atoms with E-state index in [0.29, 0.717) is 17.8 Å². The van der Waals surface area contributed by atoms with Crippen LogP contribution < -0.4 is 4.72 Å². The Bertz CT molecular complexity index is 1100. The van der Waals surface area contributed by atoms with Crippen LogP contribution in [0.1, 0.15) is 24.0 Å². The fourth-order valence-corrected chi connectivity index (χ4v) is 3.48. The van der Waals surface area contributed by atoms with Gasteiger partial charge in [-0.2, -0.15) is 0 Å². The van der Waals surface area contributed by atoms with Crippen LogP contribution in [0.3, 0.4) is 0 Å². The standard InChI is InChI=1S/C19H21N5O2S/c1-5-16-18(15-9-17(13(3)21-10-15)24-27(4,25)26)19(23-11-22-16)14-6-7-20-12(2)8-14/h6-11,24H,5H2,1-4H3. The SMILES string of the molecule is CCc1ncnc(-c2ccnc(C)c2)c1-c1cnc(C)c(NS(C)(=O)=O)c1. The van der Waals surface area contributed by atoms with E-state index in [1.807, 2.05) is 26.0 Å². The highest BCUT2D eigenvalue weighted by Crippen LogP contribution is 2.34. The van der Waals surface area contributed by atoms with Gasteiger partial charge in [0.15, 0.2) is 0 Å². The van der Waals surface area contributed by atoms with Crippen molar-refractivity contribution in [3.63, 3.8) is 0 Å². The molecule has 0 spiro atoms. The molecule has 0 fully saturated rings. The van der Waals surface area contributed by atoms with Gasteiger partial charge in [-0.1, -0.05) is 6.92 Å². The minimum atomic E-state index is -3.41. The highest BCUT2D eigenvalue weighted by molar-refractivity contribution is 7.92. The lowest BCUT2D eigenvalue weighted by atomic mass is 9.97. The van der Waals surface area contributed by atoms with E-state index in [1.165, 1.54) is 0 Å². The van der Waals surface area contributed by atoms with Gasteiger partial charge in [-0.3, -0.25) is 14.7 Å². The van der Waals surface area contributed by atoms with Crippen LogP contribution in [0.2, 0.25) is 0 Å². The number of nitrogens with zero attached hydrogens (tertiary/aromatic N) is 4. The van der Waals surface area contributed by atoms with Crippen molar-refractivity contribution in [1.29, 1.82) is 0 Å². The molecule has 0 saturated heterocycles. The molecular formula is C19H21N5O2S. The average molecular weight is 383 g/mol. The van der Waals surface area contributed by atoms with E-state index in [0.717, 1.165) is 40.0 Å². The molecule has 0 aliphatic rings. The van der Waals surface area contributed by atoms with Crippen LogP contribution >= 0.6 is 0 Å². The van der Waals surface area contributed by atoms with Crippen LogP contribution in [-0.4, -0.2) is 34.6 Å². The average Bonchev–Trinajstić information content (AvgIpc) is 2.62. The largest absolute Gasteiger partial charge is 0.282 e. The van der Waals surface area contributed by atoms with Gasteiger partial charge in [0.2, 0.25) is 10.0 Å². The third-order valence-corrected chi connectivity index (χ3v) is 4.69. The van der Waals surface area contributed by atoms with Gasteiger partial charge in [-0.25, -0.2) is 18.4 Å². The Balaban J connectivity index is 2.24. The predicted molar refractivity (Wildman–Crippen MR) is 106 cm³/mol. The molecule has 7 nitrogen and oxygen atoms in total. The van der Waals surface area contributed by atoms with Gasteiger partial charge < -0.3 is 0 Å². The second-order valence-electron chi connectivity index (χ2n) is 6.31. The first-order valence-electron chi connectivity index (χ1n) is 8.50. The number of sulfonamides is 1. The van der Waals surface area contributed by atoms with Crippen molar-refractivity contribution in [2.24, 2.45) is 0 Å². The van der Waals surface area contributed by atoms with Crippen LogP contribution in [0.15, 0.2) is 36.9 Å². The summed E-state index contributed by atoms with van der Waals surface area (Å²) in [6.07, 6.45) is 6.83. The predicted octanol–water partition coefficient (Wildman–Crippen LogP) is 3.15. The minimum absolute atomic E-state index is 0.442. The molecule has 0 unspecified atom stereocenters. The van der Waals surface area contributed by atoms with Gasteiger partial charge in [0, 0.05) is 34.8 Å². The fourth-order valence-electron chi connectivity index (χ4n) is 2.88. The van der Waals surface area contributed by atoms with Crippen LogP contribution in [0.4, 0.5) is 5.69 Å². The zero-order valence-electron chi connectivity index (χ0n) is 15.7. The number of pyridine rings is 2. The summed E-state index contributed by atoms with van der Waals surface area (Å²) < 4.78 is 25.9. The van der Waals surface area contributed by atoms with Crippen molar-refractivity contribution in [2.45, 2.75) is 27.2 Å². The molecule has 3 rings (SSSR count). The van der Waals surface area contributed by atoms with Gasteiger partial charge in [-0.05, 0) is 38.5 Å².